The molecule has 2 saturated carbocycles. The number of aryl methyl sites for hydroxylation is 1. The summed E-state index contributed by atoms with van der Waals surface area (Å²) in [5, 5.41) is 6.55. The van der Waals surface area contributed by atoms with Crippen LogP contribution in [0.5, 0.6) is 0 Å². The third kappa shape index (κ3) is 2.72. The third-order valence-electron chi connectivity index (χ3n) is 5.60. The zero-order chi connectivity index (χ0) is 16.8. The molecule has 2 amide bonds. The van der Waals surface area contributed by atoms with Crippen molar-refractivity contribution in [3.63, 3.8) is 0 Å². The molecule has 7 nitrogen and oxygen atoms in total. The number of aromatic nitrogens is 2. The number of nitrogens with one attached hydrogen (secondary N) is 1. The van der Waals surface area contributed by atoms with Crippen LogP contribution in [0.15, 0.2) is 10.9 Å². The van der Waals surface area contributed by atoms with E-state index in [4.69, 9.17) is 0 Å². The Morgan fingerprint density at radius 2 is 1.71 bits per heavy atom. The molecule has 1 aromatic rings. The fraction of sp³-hybridized carbons (Fsp3) is 0.647. The van der Waals surface area contributed by atoms with Crippen LogP contribution < -0.4 is 5.43 Å². The van der Waals surface area contributed by atoms with Crippen molar-refractivity contribution in [2.45, 2.75) is 26.2 Å². The zero-order valence-corrected chi connectivity index (χ0v) is 13.8. The van der Waals surface area contributed by atoms with Crippen molar-refractivity contribution in [2.24, 2.45) is 17.8 Å². The molecule has 24 heavy (non-hydrogen) atoms. The average Bonchev–Trinajstić information content (AvgIpc) is 3.19. The van der Waals surface area contributed by atoms with Crippen LogP contribution in [-0.4, -0.2) is 58.0 Å². The Hall–Kier alpha value is -2.18. The van der Waals surface area contributed by atoms with Gasteiger partial charge in [0.25, 0.3) is 5.91 Å². The molecule has 0 bridgehead atoms. The molecule has 0 spiro atoms. The highest BCUT2D eigenvalue weighted by atomic mass is 16.2. The van der Waals surface area contributed by atoms with E-state index >= 15 is 0 Å². The minimum atomic E-state index is -0.361. The molecule has 3 atom stereocenters. The van der Waals surface area contributed by atoms with Gasteiger partial charge in [-0.25, -0.2) is 0 Å². The van der Waals surface area contributed by atoms with Crippen molar-refractivity contribution < 1.29 is 9.59 Å². The SMILES string of the molecule is Cc1cc(=O)c(C(=O)N2CCN(C(=O)C3C[C@@H]4C[C@@H]4C3)CC2)n[nH]1. The summed E-state index contributed by atoms with van der Waals surface area (Å²) in [5.74, 6) is 1.67. The van der Waals surface area contributed by atoms with E-state index in [9.17, 15) is 14.4 Å². The Labute approximate surface area is 140 Å². The minimum absolute atomic E-state index is 0.0729. The molecule has 1 saturated heterocycles. The van der Waals surface area contributed by atoms with Crippen molar-refractivity contribution in [3.8, 4) is 0 Å². The molecular weight excluding hydrogens is 308 g/mol. The Bertz CT molecular complexity index is 726. The maximum Gasteiger partial charge on any atom is 0.278 e. The fourth-order valence-electron chi connectivity index (χ4n) is 4.10. The first-order valence-electron chi connectivity index (χ1n) is 8.67. The fourth-order valence-corrected chi connectivity index (χ4v) is 4.10. The molecule has 3 aliphatic rings. The van der Waals surface area contributed by atoms with E-state index in [2.05, 4.69) is 10.2 Å². The first-order chi connectivity index (χ1) is 11.5. The zero-order valence-electron chi connectivity index (χ0n) is 13.8. The summed E-state index contributed by atoms with van der Waals surface area (Å²) in [5.41, 5.74) is 0.192. The van der Waals surface area contributed by atoms with Crippen LogP contribution in [-0.2, 0) is 4.79 Å². The summed E-state index contributed by atoms with van der Waals surface area (Å²) in [6.45, 7) is 3.72. The molecule has 0 aromatic carbocycles. The Balaban J connectivity index is 1.36. The monoisotopic (exact) mass is 330 g/mol. The number of hydrogen-bond donors (Lipinski definition) is 1. The molecule has 1 aliphatic heterocycles. The Kier molecular flexibility index (Phi) is 3.66. The lowest BCUT2D eigenvalue weighted by Crippen LogP contribution is -2.52. The van der Waals surface area contributed by atoms with Gasteiger partial charge in [0.1, 0.15) is 0 Å². The number of amides is 2. The van der Waals surface area contributed by atoms with Crippen molar-refractivity contribution in [3.05, 3.63) is 27.7 Å². The molecule has 0 radical (unpaired) electrons. The van der Waals surface area contributed by atoms with Crippen molar-refractivity contribution >= 4 is 11.8 Å². The summed E-state index contributed by atoms with van der Waals surface area (Å²) in [6, 6.07) is 1.38. The second kappa shape index (κ2) is 5.72. The number of carbonyl (C=O) groups excluding carboxylic acids is 2. The van der Waals surface area contributed by atoms with E-state index < -0.39 is 0 Å². The molecule has 1 N–H and O–H groups in total. The largest absolute Gasteiger partial charge is 0.339 e. The predicted octanol–water partition coefficient (Wildman–Crippen LogP) is 0.409. The number of carbonyl (C=O) groups is 2. The number of nitrogens with zero attached hydrogens (tertiary/aromatic N) is 3. The topological polar surface area (TPSA) is 86.4 Å². The maximum absolute atomic E-state index is 12.6. The first kappa shape index (κ1) is 15.4. The van der Waals surface area contributed by atoms with Gasteiger partial charge in [0.2, 0.25) is 11.3 Å². The maximum atomic E-state index is 12.6. The van der Waals surface area contributed by atoms with Gasteiger partial charge in [0.15, 0.2) is 5.69 Å². The second-order valence-electron chi connectivity index (χ2n) is 7.31. The van der Waals surface area contributed by atoms with E-state index in [1.807, 2.05) is 4.90 Å². The van der Waals surface area contributed by atoms with Crippen molar-refractivity contribution in [2.75, 3.05) is 26.2 Å². The summed E-state index contributed by atoms with van der Waals surface area (Å²) in [6.07, 6.45) is 3.40. The molecule has 2 aliphatic carbocycles. The Morgan fingerprint density at radius 1 is 1.08 bits per heavy atom. The Morgan fingerprint density at radius 3 is 2.33 bits per heavy atom. The van der Waals surface area contributed by atoms with Gasteiger partial charge in [-0.05, 0) is 38.0 Å². The molecule has 128 valence electrons. The molecule has 1 unspecified atom stereocenters. The number of piperazine rings is 1. The molecular formula is C17H22N4O3. The standard InChI is InChI=1S/C17H22N4O3/c1-10-6-14(22)15(19-18-10)17(24)21-4-2-20(3-5-21)16(23)13-8-11-7-12(11)9-13/h6,11-13H,2-5,7-9H2,1H3,(H,18,22)/t11-,12+,13?. The average molecular weight is 330 g/mol. The molecule has 3 fully saturated rings. The minimum Gasteiger partial charge on any atom is -0.339 e. The van der Waals surface area contributed by atoms with Crippen LogP contribution in [0, 0.1) is 24.7 Å². The number of rotatable bonds is 2. The summed E-state index contributed by atoms with van der Waals surface area (Å²) in [4.78, 5) is 40.4. The van der Waals surface area contributed by atoms with Gasteiger partial charge >= 0.3 is 0 Å². The summed E-state index contributed by atoms with van der Waals surface area (Å²) < 4.78 is 0. The number of H-pyrrole nitrogens is 1. The molecule has 1 aromatic heterocycles. The van der Waals surface area contributed by atoms with E-state index in [-0.39, 0.29) is 28.9 Å². The lowest BCUT2D eigenvalue weighted by atomic mass is 10.0. The predicted molar refractivity (Wildman–Crippen MR) is 86.4 cm³/mol. The highest BCUT2D eigenvalue weighted by Gasteiger charge is 2.49. The van der Waals surface area contributed by atoms with Crippen LogP contribution in [0.25, 0.3) is 0 Å². The lowest BCUT2D eigenvalue weighted by molar-refractivity contribution is -0.137. The number of fused-ring (bicyclic) bond motifs is 1. The van der Waals surface area contributed by atoms with Gasteiger partial charge in [-0.2, -0.15) is 5.10 Å². The lowest BCUT2D eigenvalue weighted by Gasteiger charge is -2.35. The van der Waals surface area contributed by atoms with Gasteiger partial charge in [-0.1, -0.05) is 0 Å². The highest BCUT2D eigenvalue weighted by Crippen LogP contribution is 2.54. The number of aromatic amines is 1. The van der Waals surface area contributed by atoms with Crippen LogP contribution >= 0.6 is 0 Å². The summed E-state index contributed by atoms with van der Waals surface area (Å²) >= 11 is 0. The normalized spacial score (nSPS) is 28.6. The van der Waals surface area contributed by atoms with Crippen LogP contribution in [0.1, 0.15) is 35.4 Å². The van der Waals surface area contributed by atoms with E-state index in [0.29, 0.717) is 31.9 Å². The quantitative estimate of drug-likeness (QED) is 0.851. The van der Waals surface area contributed by atoms with Crippen LogP contribution in [0.4, 0.5) is 0 Å². The highest BCUT2D eigenvalue weighted by molar-refractivity contribution is 5.92. The molecule has 7 heteroatoms. The van der Waals surface area contributed by atoms with Crippen molar-refractivity contribution in [1.29, 1.82) is 0 Å². The smallest absolute Gasteiger partial charge is 0.278 e. The first-order valence-corrected chi connectivity index (χ1v) is 8.67. The van der Waals surface area contributed by atoms with Gasteiger partial charge < -0.3 is 9.80 Å². The van der Waals surface area contributed by atoms with Gasteiger partial charge in [0.05, 0.1) is 0 Å². The van der Waals surface area contributed by atoms with E-state index in [1.165, 1.54) is 12.5 Å². The molecule has 2 heterocycles. The van der Waals surface area contributed by atoms with E-state index in [1.54, 1.807) is 11.8 Å². The van der Waals surface area contributed by atoms with Crippen LogP contribution in [0.2, 0.25) is 0 Å². The van der Waals surface area contributed by atoms with Gasteiger partial charge in [-0.15, -0.1) is 0 Å². The van der Waals surface area contributed by atoms with Gasteiger partial charge in [-0.3, -0.25) is 19.5 Å². The molecule has 4 rings (SSSR count). The van der Waals surface area contributed by atoms with Crippen LogP contribution in [0.3, 0.4) is 0 Å². The summed E-state index contributed by atoms with van der Waals surface area (Å²) in [7, 11) is 0. The van der Waals surface area contributed by atoms with E-state index in [0.717, 1.165) is 24.7 Å². The second-order valence-corrected chi connectivity index (χ2v) is 7.31. The van der Waals surface area contributed by atoms with Crippen molar-refractivity contribution in [1.82, 2.24) is 20.0 Å². The number of hydrogen-bond acceptors (Lipinski definition) is 4. The third-order valence-corrected chi connectivity index (χ3v) is 5.60. The van der Waals surface area contributed by atoms with Gasteiger partial charge in [0, 0.05) is 43.9 Å².